The lowest BCUT2D eigenvalue weighted by Gasteiger charge is -2.38. The maximum Gasteiger partial charge on any atom is 0.250 e. The lowest BCUT2D eigenvalue weighted by atomic mass is 10.0. The zero-order valence-electron chi connectivity index (χ0n) is 23.1. The second-order valence-corrected chi connectivity index (χ2v) is 10.7. The molecule has 1 fully saturated rings. The summed E-state index contributed by atoms with van der Waals surface area (Å²) in [5.74, 6) is 1.27. The molecule has 40 heavy (non-hydrogen) atoms. The fraction of sp³-hybridized carbons (Fsp3) is 0.290. The molecule has 2 aromatic heterocycles. The number of aliphatic hydroxyl groups is 1. The average molecular weight is 538 g/mol. The highest BCUT2D eigenvalue weighted by Gasteiger charge is 2.27. The number of aromatic nitrogens is 3. The van der Waals surface area contributed by atoms with Gasteiger partial charge in [-0.05, 0) is 48.7 Å². The molecule has 0 aliphatic carbocycles. The fourth-order valence-electron chi connectivity index (χ4n) is 4.88. The monoisotopic (exact) mass is 537 g/mol. The smallest absolute Gasteiger partial charge is 0.250 e. The molecule has 0 spiro atoms. The summed E-state index contributed by atoms with van der Waals surface area (Å²) in [5, 5.41) is 14.5. The van der Waals surface area contributed by atoms with Gasteiger partial charge in [-0.2, -0.15) is 0 Å². The lowest BCUT2D eigenvalue weighted by molar-refractivity contribution is 0.0906. The molecule has 5 rings (SSSR count). The average Bonchev–Trinajstić information content (AvgIpc) is 2.96. The Morgan fingerprint density at radius 3 is 2.65 bits per heavy atom. The minimum absolute atomic E-state index is 0.0583. The van der Waals surface area contributed by atoms with Crippen molar-refractivity contribution in [2.75, 3.05) is 31.1 Å². The van der Waals surface area contributed by atoms with Gasteiger partial charge in [0.15, 0.2) is 5.82 Å². The minimum atomic E-state index is -0.938. The van der Waals surface area contributed by atoms with Crippen LogP contribution in [0, 0.1) is 0 Å². The number of piperazine rings is 1. The normalized spacial score (nSPS) is 16.6. The van der Waals surface area contributed by atoms with Crippen molar-refractivity contribution in [3.8, 4) is 11.1 Å². The predicted molar refractivity (Wildman–Crippen MR) is 161 cm³/mol. The molecule has 2 aromatic carbocycles. The van der Waals surface area contributed by atoms with Crippen LogP contribution in [-0.4, -0.2) is 57.6 Å². The van der Waals surface area contributed by atoms with Crippen LogP contribution in [0.25, 0.3) is 27.6 Å². The van der Waals surface area contributed by atoms with Crippen LogP contribution < -0.4 is 21.5 Å². The van der Waals surface area contributed by atoms with Gasteiger partial charge < -0.3 is 25.6 Å². The Morgan fingerprint density at radius 1 is 1.15 bits per heavy atom. The Bertz CT molecular complexity index is 1620. The third-order valence-corrected chi connectivity index (χ3v) is 6.94. The number of nitrogens with two attached hydrogens (primary N) is 1. The highest BCUT2D eigenvalue weighted by molar-refractivity contribution is 6.09. The first kappa shape index (κ1) is 27.2. The van der Waals surface area contributed by atoms with Crippen molar-refractivity contribution in [2.24, 2.45) is 17.8 Å². The summed E-state index contributed by atoms with van der Waals surface area (Å²) < 4.78 is 1.58. The van der Waals surface area contributed by atoms with Crippen molar-refractivity contribution in [1.29, 1.82) is 0 Å². The Morgan fingerprint density at radius 2 is 1.93 bits per heavy atom. The summed E-state index contributed by atoms with van der Waals surface area (Å²) in [4.78, 5) is 28.7. The van der Waals surface area contributed by atoms with Gasteiger partial charge in [0.1, 0.15) is 5.82 Å². The summed E-state index contributed by atoms with van der Waals surface area (Å²) >= 11 is 0. The molecule has 4 aromatic rings. The Kier molecular flexibility index (Phi) is 7.77. The summed E-state index contributed by atoms with van der Waals surface area (Å²) in [6.45, 7) is 5.98. The number of fused-ring (bicyclic) bond motifs is 1. The molecule has 0 bridgehead atoms. The quantitative estimate of drug-likeness (QED) is 0.309. The van der Waals surface area contributed by atoms with Gasteiger partial charge in [-0.3, -0.25) is 9.79 Å². The van der Waals surface area contributed by atoms with Crippen LogP contribution in [0.4, 0.5) is 5.82 Å². The van der Waals surface area contributed by atoms with E-state index < -0.39 is 5.60 Å². The van der Waals surface area contributed by atoms with E-state index in [-0.39, 0.29) is 18.1 Å². The first-order chi connectivity index (χ1) is 19.2. The van der Waals surface area contributed by atoms with Crippen LogP contribution in [0.5, 0.6) is 0 Å². The van der Waals surface area contributed by atoms with Gasteiger partial charge in [0, 0.05) is 56.7 Å². The lowest BCUT2D eigenvalue weighted by Crippen LogP contribution is -2.46. The number of anilines is 1. The number of hydrogen-bond acceptors (Lipinski definition) is 8. The maximum absolute atomic E-state index is 12.0. The topological polar surface area (TPSA) is 122 Å². The molecular formula is C31H35N7O2. The number of rotatable bonds is 7. The van der Waals surface area contributed by atoms with Crippen molar-refractivity contribution >= 4 is 28.5 Å². The van der Waals surface area contributed by atoms with Crippen molar-refractivity contribution < 1.29 is 5.11 Å². The predicted octanol–water partition coefficient (Wildman–Crippen LogP) is 3.29. The van der Waals surface area contributed by atoms with Crippen molar-refractivity contribution in [3.63, 3.8) is 0 Å². The van der Waals surface area contributed by atoms with E-state index in [0.717, 1.165) is 47.5 Å². The minimum Gasteiger partial charge on any atom is -0.404 e. The number of allylic oxidation sites excluding steroid dienone is 1. The molecular weight excluding hydrogens is 502 g/mol. The van der Waals surface area contributed by atoms with E-state index in [4.69, 9.17) is 15.7 Å². The summed E-state index contributed by atoms with van der Waals surface area (Å²) in [6, 6.07) is 20.0. The number of benzene rings is 2. The fourth-order valence-corrected chi connectivity index (χ4v) is 4.88. The SMILES string of the molecule is Cn1cc(-c2ccc3nc(C(C=NCC(C)(C)O)=CN)nc(N4CCNC[C@@H]4c4ccccc4)c3c2)ccc1=O. The van der Waals surface area contributed by atoms with Gasteiger partial charge in [-0.15, -0.1) is 0 Å². The Labute approximate surface area is 233 Å². The molecule has 0 amide bonds. The first-order valence-corrected chi connectivity index (χ1v) is 13.4. The molecule has 4 N–H and O–H groups in total. The molecule has 1 aliphatic rings. The number of nitrogens with zero attached hydrogens (tertiary/aromatic N) is 5. The number of nitrogens with one attached hydrogen (secondary N) is 1. The largest absolute Gasteiger partial charge is 0.404 e. The number of aryl methyl sites for hydroxylation is 1. The van der Waals surface area contributed by atoms with Gasteiger partial charge in [-0.1, -0.05) is 36.4 Å². The number of aliphatic imine (C=N–C) groups is 1. The molecule has 3 heterocycles. The second-order valence-electron chi connectivity index (χ2n) is 10.7. The number of hydrogen-bond donors (Lipinski definition) is 3. The second kappa shape index (κ2) is 11.4. The van der Waals surface area contributed by atoms with Gasteiger partial charge in [0.2, 0.25) is 5.56 Å². The Balaban J connectivity index is 1.67. The third-order valence-electron chi connectivity index (χ3n) is 6.94. The van der Waals surface area contributed by atoms with E-state index in [9.17, 15) is 9.90 Å². The van der Waals surface area contributed by atoms with E-state index >= 15 is 0 Å². The van der Waals surface area contributed by atoms with E-state index in [1.807, 2.05) is 30.5 Å². The van der Waals surface area contributed by atoms with E-state index in [2.05, 4.69) is 45.5 Å². The van der Waals surface area contributed by atoms with Crippen molar-refractivity contribution in [2.45, 2.75) is 25.5 Å². The first-order valence-electron chi connectivity index (χ1n) is 13.4. The summed E-state index contributed by atoms with van der Waals surface area (Å²) in [6.07, 6.45) is 4.91. The molecule has 0 saturated carbocycles. The van der Waals surface area contributed by atoms with Crippen LogP contribution >= 0.6 is 0 Å². The van der Waals surface area contributed by atoms with Crippen LogP contribution in [0.1, 0.15) is 31.3 Å². The number of pyridine rings is 1. The van der Waals surface area contributed by atoms with Gasteiger partial charge in [0.25, 0.3) is 0 Å². The zero-order chi connectivity index (χ0) is 28.3. The zero-order valence-corrected chi connectivity index (χ0v) is 23.1. The maximum atomic E-state index is 12.0. The molecule has 1 atom stereocenters. The molecule has 206 valence electrons. The van der Waals surface area contributed by atoms with Crippen LogP contribution in [-0.2, 0) is 7.05 Å². The van der Waals surface area contributed by atoms with Crippen molar-refractivity contribution in [3.05, 3.63) is 94.8 Å². The van der Waals surface area contributed by atoms with Crippen LogP contribution in [0.15, 0.2) is 82.8 Å². The van der Waals surface area contributed by atoms with Crippen LogP contribution in [0.3, 0.4) is 0 Å². The van der Waals surface area contributed by atoms with Crippen molar-refractivity contribution in [1.82, 2.24) is 19.9 Å². The highest BCUT2D eigenvalue weighted by atomic mass is 16.3. The van der Waals surface area contributed by atoms with E-state index in [1.165, 1.54) is 11.8 Å². The molecule has 9 heteroatoms. The standard InChI is InChI=1S/C31H35N7O2/c1-31(2,40)20-34-17-24(16-32)29-35-26-11-9-22(23-10-12-28(39)37(3)19-23)15-25(26)30(36-29)38-14-13-33-18-27(38)21-7-5-4-6-8-21/h4-12,15-17,19,27,33,40H,13-14,18,20,32H2,1-3H3/t27-/m1/s1. The molecule has 1 saturated heterocycles. The van der Waals surface area contributed by atoms with Crippen LogP contribution in [0.2, 0.25) is 0 Å². The summed E-state index contributed by atoms with van der Waals surface area (Å²) in [5.41, 5.74) is 9.46. The molecule has 0 unspecified atom stereocenters. The van der Waals surface area contributed by atoms with Gasteiger partial charge in [0.05, 0.1) is 29.3 Å². The molecule has 9 nitrogen and oxygen atoms in total. The van der Waals surface area contributed by atoms with E-state index in [1.54, 1.807) is 37.7 Å². The molecule has 1 aliphatic heterocycles. The van der Waals surface area contributed by atoms with Gasteiger partial charge >= 0.3 is 0 Å². The van der Waals surface area contributed by atoms with Gasteiger partial charge in [-0.25, -0.2) is 9.97 Å². The highest BCUT2D eigenvalue weighted by Crippen LogP contribution is 2.35. The summed E-state index contributed by atoms with van der Waals surface area (Å²) in [7, 11) is 1.75. The Hall–Kier alpha value is -4.34. The third kappa shape index (κ3) is 5.95. The van der Waals surface area contributed by atoms with E-state index in [0.29, 0.717) is 11.4 Å². The molecule has 0 radical (unpaired) electrons.